The molecule has 6 nitrogen and oxygen atoms in total. The van der Waals surface area contributed by atoms with Crippen molar-refractivity contribution in [2.75, 3.05) is 6.61 Å². The lowest BCUT2D eigenvalue weighted by atomic mass is 10.0. The van der Waals surface area contributed by atoms with E-state index >= 15 is 0 Å². The van der Waals surface area contributed by atoms with Crippen LogP contribution in [-0.2, 0) is 9.74 Å². The second kappa shape index (κ2) is 5.95. The molecule has 0 rings (SSSR count). The Hall–Kier alpha value is -0.600. The molecule has 0 fully saturated rings. The molecule has 0 spiro atoms. The Kier molecular flexibility index (Phi) is 5.67. The first kappa shape index (κ1) is 12.4. The molecule has 0 aromatic heterocycles. The van der Waals surface area contributed by atoms with E-state index in [4.69, 9.17) is 20.4 Å². The van der Waals surface area contributed by atoms with Crippen LogP contribution < -0.4 is 0 Å². The van der Waals surface area contributed by atoms with Crippen molar-refractivity contribution in [3.8, 4) is 0 Å². The molecule has 0 saturated carbocycles. The number of aliphatic hydroxyl groups excluding tert-OH is 4. The third kappa shape index (κ3) is 3.75. The number of carbonyl (C=O) groups excluding carboxylic acids is 1. The highest BCUT2D eigenvalue weighted by atomic mass is 19.3. The summed E-state index contributed by atoms with van der Waals surface area (Å²) in [6.07, 6.45) is -7.28. The second-order valence-corrected chi connectivity index (χ2v) is 2.45. The Morgan fingerprint density at radius 2 is 1.77 bits per heavy atom. The van der Waals surface area contributed by atoms with Crippen molar-refractivity contribution in [3.05, 3.63) is 0 Å². The molecule has 7 heteroatoms. The summed E-state index contributed by atoms with van der Waals surface area (Å²) in [7, 11) is 0. The average Bonchev–Trinajstić information content (AvgIpc) is 2.14. The van der Waals surface area contributed by atoms with Crippen LogP contribution in [-0.4, -0.2) is 57.7 Å². The van der Waals surface area contributed by atoms with Gasteiger partial charge >= 0.3 is 0 Å². The number of rotatable bonds is 6. The van der Waals surface area contributed by atoms with E-state index in [0.29, 0.717) is 0 Å². The first-order valence-corrected chi connectivity index (χ1v) is 3.45. The minimum atomic E-state index is -1.87. The molecule has 0 unspecified atom stereocenters. The van der Waals surface area contributed by atoms with Crippen molar-refractivity contribution in [1.82, 2.24) is 0 Å². The Bertz CT molecular complexity index is 154. The number of hydrogen-bond acceptors (Lipinski definition) is 6. The minimum Gasteiger partial charge on any atom is -0.388 e. The summed E-state index contributed by atoms with van der Waals surface area (Å²) >= 11 is 0. The quantitative estimate of drug-likeness (QED) is 0.352. The lowest BCUT2D eigenvalue weighted by Crippen LogP contribution is -2.46. The Morgan fingerprint density at radius 3 is 2.15 bits per heavy atom. The monoisotopic (exact) mass is 198 g/mol. The summed E-state index contributed by atoms with van der Waals surface area (Å²) in [5, 5.41) is 35.4. The summed E-state index contributed by atoms with van der Waals surface area (Å²) in [6, 6.07) is 0. The van der Waals surface area contributed by atoms with Gasteiger partial charge in [0, 0.05) is 0 Å². The van der Waals surface area contributed by atoms with Gasteiger partial charge < -0.3 is 25.2 Å². The van der Waals surface area contributed by atoms with Crippen LogP contribution in [0.2, 0.25) is 0 Å². The largest absolute Gasteiger partial charge is 0.388 e. The number of carbonyl (C=O) groups is 1. The molecule has 0 aromatic carbocycles. The highest BCUT2D eigenvalue weighted by Crippen LogP contribution is 2.04. The summed E-state index contributed by atoms with van der Waals surface area (Å²) in [5.74, 6) is 0. The average molecular weight is 198 g/mol. The molecule has 78 valence electrons. The molecule has 0 heterocycles. The van der Waals surface area contributed by atoms with Crippen molar-refractivity contribution in [2.24, 2.45) is 0 Å². The van der Waals surface area contributed by atoms with Gasteiger partial charge in [-0.1, -0.05) is 0 Å². The number of aldehydes is 1. The zero-order valence-corrected chi connectivity index (χ0v) is 6.58. The van der Waals surface area contributed by atoms with Gasteiger partial charge in [0.2, 0.25) is 0 Å². The molecule has 13 heavy (non-hydrogen) atoms. The Labute approximate surface area is 73.1 Å². The van der Waals surface area contributed by atoms with Crippen molar-refractivity contribution in [3.63, 3.8) is 0 Å². The molecular formula is C6H11FO6. The zero-order chi connectivity index (χ0) is 10.4. The van der Waals surface area contributed by atoms with E-state index in [1.807, 2.05) is 0 Å². The second-order valence-electron chi connectivity index (χ2n) is 2.45. The van der Waals surface area contributed by atoms with Gasteiger partial charge in [-0.2, -0.15) is 4.94 Å². The summed E-state index contributed by atoms with van der Waals surface area (Å²) in [6.45, 7) is -0.857. The van der Waals surface area contributed by atoms with Crippen LogP contribution in [0.4, 0.5) is 4.53 Å². The van der Waals surface area contributed by atoms with Gasteiger partial charge in [-0.05, 0) is 4.53 Å². The summed E-state index contributed by atoms with van der Waals surface area (Å²) in [5.41, 5.74) is 0. The zero-order valence-electron chi connectivity index (χ0n) is 6.58. The van der Waals surface area contributed by atoms with E-state index in [-0.39, 0.29) is 6.29 Å². The lowest BCUT2D eigenvalue weighted by Gasteiger charge is -2.22. The maximum Gasteiger partial charge on any atom is 0.151 e. The molecule has 0 aromatic rings. The molecule has 0 aliphatic carbocycles. The number of aliphatic hydroxyl groups is 4. The van der Waals surface area contributed by atoms with E-state index in [1.54, 1.807) is 0 Å². The van der Waals surface area contributed by atoms with Gasteiger partial charge in [-0.25, -0.2) is 0 Å². The number of halogens is 1. The highest BCUT2D eigenvalue weighted by Gasteiger charge is 2.30. The molecule has 0 bridgehead atoms. The van der Waals surface area contributed by atoms with E-state index in [1.165, 1.54) is 0 Å². The molecule has 4 atom stereocenters. The van der Waals surface area contributed by atoms with Crippen LogP contribution in [0.25, 0.3) is 0 Å². The van der Waals surface area contributed by atoms with E-state index in [0.717, 1.165) is 0 Å². The standard InChI is InChI=1S/C6H11FO6/c7-13-2-4(10)6(12)5(11)3(9)1-8/h1,3-6,9-12H,2H2/t3-,4+,5+,6+/m0/s1. The van der Waals surface area contributed by atoms with Gasteiger partial charge in [0.05, 0.1) is 0 Å². The Balaban J connectivity index is 4.06. The van der Waals surface area contributed by atoms with E-state index in [2.05, 4.69) is 4.94 Å². The molecular weight excluding hydrogens is 187 g/mol. The van der Waals surface area contributed by atoms with Crippen molar-refractivity contribution >= 4 is 6.29 Å². The van der Waals surface area contributed by atoms with Crippen LogP contribution in [0.15, 0.2) is 0 Å². The topological polar surface area (TPSA) is 107 Å². The molecule has 0 aliphatic rings. The molecule has 0 amide bonds. The predicted octanol–water partition coefficient (Wildman–Crippen LogP) is -2.47. The first-order valence-electron chi connectivity index (χ1n) is 3.45. The molecule has 0 aliphatic heterocycles. The van der Waals surface area contributed by atoms with E-state index in [9.17, 15) is 9.32 Å². The first-order chi connectivity index (χ1) is 6.04. The van der Waals surface area contributed by atoms with Crippen LogP contribution >= 0.6 is 0 Å². The van der Waals surface area contributed by atoms with E-state index < -0.39 is 31.0 Å². The van der Waals surface area contributed by atoms with Gasteiger partial charge in [-0.3, -0.25) is 0 Å². The Morgan fingerprint density at radius 1 is 1.23 bits per heavy atom. The fraction of sp³-hybridized carbons (Fsp3) is 0.833. The van der Waals surface area contributed by atoms with Crippen molar-refractivity contribution in [2.45, 2.75) is 24.4 Å². The van der Waals surface area contributed by atoms with Gasteiger partial charge in [-0.15, -0.1) is 0 Å². The van der Waals surface area contributed by atoms with Crippen molar-refractivity contribution in [1.29, 1.82) is 0 Å². The lowest BCUT2D eigenvalue weighted by molar-refractivity contribution is -0.187. The number of hydrogen-bond donors (Lipinski definition) is 4. The fourth-order valence-corrected chi connectivity index (χ4v) is 0.673. The SMILES string of the molecule is O=C[C@H](O)[C@@H](O)[C@H](O)[C@H](O)COF. The smallest absolute Gasteiger partial charge is 0.151 e. The van der Waals surface area contributed by atoms with Gasteiger partial charge in [0.1, 0.15) is 31.0 Å². The summed E-state index contributed by atoms with van der Waals surface area (Å²) in [4.78, 5) is 12.9. The third-order valence-corrected chi connectivity index (χ3v) is 1.47. The summed E-state index contributed by atoms with van der Waals surface area (Å²) < 4.78 is 11.2. The van der Waals surface area contributed by atoms with Crippen molar-refractivity contribution < 1.29 is 34.7 Å². The van der Waals surface area contributed by atoms with Crippen LogP contribution in [0, 0.1) is 0 Å². The van der Waals surface area contributed by atoms with Crippen LogP contribution in [0.5, 0.6) is 0 Å². The van der Waals surface area contributed by atoms with Crippen LogP contribution in [0.1, 0.15) is 0 Å². The normalized spacial score (nSPS) is 20.4. The fourth-order valence-electron chi connectivity index (χ4n) is 0.673. The predicted molar refractivity (Wildman–Crippen MR) is 37.2 cm³/mol. The maximum atomic E-state index is 11.2. The molecule has 4 N–H and O–H groups in total. The van der Waals surface area contributed by atoms with Crippen LogP contribution in [0.3, 0.4) is 0 Å². The van der Waals surface area contributed by atoms with Gasteiger partial charge in [0.15, 0.2) is 6.29 Å². The third-order valence-electron chi connectivity index (χ3n) is 1.47. The molecule has 0 saturated heterocycles. The van der Waals surface area contributed by atoms with Gasteiger partial charge in [0.25, 0.3) is 0 Å². The molecule has 0 radical (unpaired) electrons. The maximum absolute atomic E-state index is 11.2. The highest BCUT2D eigenvalue weighted by molar-refractivity contribution is 5.56. The minimum absolute atomic E-state index is 0.0170.